The number of nitrogens with one attached hydrogen (secondary N) is 1. The molecule has 0 aliphatic heterocycles. The van der Waals surface area contributed by atoms with E-state index >= 15 is 0 Å². The molecule has 3 nitrogen and oxygen atoms in total. The second-order valence-electron chi connectivity index (χ2n) is 7.49. The lowest BCUT2D eigenvalue weighted by Crippen LogP contribution is -2.55. The van der Waals surface area contributed by atoms with Crippen molar-refractivity contribution in [1.82, 2.24) is 4.72 Å². The predicted octanol–water partition coefficient (Wildman–Crippen LogP) is 5.02. The summed E-state index contributed by atoms with van der Waals surface area (Å²) in [5.41, 5.74) is 0.264. The molecule has 0 bridgehead atoms. The predicted molar refractivity (Wildman–Crippen MR) is 108 cm³/mol. The van der Waals surface area contributed by atoms with Crippen molar-refractivity contribution in [3.05, 3.63) is 33.3 Å². The minimum Gasteiger partial charge on any atom is -0.598 e. The van der Waals surface area contributed by atoms with Crippen LogP contribution in [-0.4, -0.2) is 21.0 Å². The van der Waals surface area contributed by atoms with Crippen molar-refractivity contribution in [2.45, 2.75) is 58.2 Å². The van der Waals surface area contributed by atoms with Crippen molar-refractivity contribution in [2.24, 2.45) is 11.8 Å². The first-order valence-electron chi connectivity index (χ1n) is 8.23. The molecule has 0 aliphatic rings. The third-order valence-electron chi connectivity index (χ3n) is 4.65. The molecule has 1 rings (SSSR count). The maximum absolute atomic E-state index is 12.8. The van der Waals surface area contributed by atoms with Crippen LogP contribution in [0.25, 0.3) is 0 Å². The van der Waals surface area contributed by atoms with Gasteiger partial charge in [-0.25, -0.2) is 0 Å². The zero-order valence-corrected chi connectivity index (χ0v) is 18.5. The number of hydrogen-bond donors (Lipinski definition) is 2. The standard InChI is InChI=1S/C18H29BrClNO2S/c1-7-12(2)14(11-22)18(6,21-24(23)17(3,4)5)13-8-9-15(19)16(20)10-13/h8-10,12,14,21-22H,7,11H2,1-6H3/t12-,14?,18-,24-/m0/s1. The van der Waals surface area contributed by atoms with E-state index < -0.39 is 21.6 Å². The number of aliphatic hydroxyl groups excluding tert-OH is 1. The van der Waals surface area contributed by atoms with Gasteiger partial charge in [-0.15, -0.1) is 4.72 Å². The summed E-state index contributed by atoms with van der Waals surface area (Å²) < 4.78 is 16.5. The maximum Gasteiger partial charge on any atom is 0.136 e. The third-order valence-corrected chi connectivity index (χ3v) is 7.60. The lowest BCUT2D eigenvalue weighted by molar-refractivity contribution is 0.101. The highest BCUT2D eigenvalue weighted by molar-refractivity contribution is 9.10. The van der Waals surface area contributed by atoms with Gasteiger partial charge in [0.15, 0.2) is 0 Å². The zero-order chi connectivity index (χ0) is 18.7. The molecular weight excluding hydrogens is 410 g/mol. The van der Waals surface area contributed by atoms with E-state index in [1.54, 1.807) is 0 Å². The molecule has 0 radical (unpaired) electrons. The van der Waals surface area contributed by atoms with Crippen molar-refractivity contribution in [1.29, 1.82) is 0 Å². The van der Waals surface area contributed by atoms with Crippen LogP contribution < -0.4 is 4.72 Å². The highest BCUT2D eigenvalue weighted by Gasteiger charge is 2.44. The SMILES string of the molecule is CC[C@H](C)C(CO)[C@@](C)(N[S@@+]([O-])C(C)(C)C)c1ccc(Br)c(Cl)c1. The molecule has 138 valence electrons. The summed E-state index contributed by atoms with van der Waals surface area (Å²) in [6.07, 6.45) is 0.926. The molecule has 1 unspecified atom stereocenters. The van der Waals surface area contributed by atoms with Crippen LogP contribution in [0.4, 0.5) is 0 Å². The van der Waals surface area contributed by atoms with Gasteiger partial charge in [-0.2, -0.15) is 0 Å². The van der Waals surface area contributed by atoms with Crippen molar-refractivity contribution < 1.29 is 9.66 Å². The minimum atomic E-state index is -1.28. The topological polar surface area (TPSA) is 55.3 Å². The Balaban J connectivity index is 3.41. The molecule has 0 fully saturated rings. The first-order valence-corrected chi connectivity index (χ1v) is 10.6. The molecule has 0 saturated carbocycles. The summed E-state index contributed by atoms with van der Waals surface area (Å²) in [7, 11) is 0. The summed E-state index contributed by atoms with van der Waals surface area (Å²) in [6.45, 7) is 12.0. The smallest absolute Gasteiger partial charge is 0.136 e. The average Bonchev–Trinajstić information content (AvgIpc) is 2.49. The Morgan fingerprint density at radius 1 is 1.33 bits per heavy atom. The third kappa shape index (κ3) is 5.12. The Hall–Kier alpha value is 0.220. The van der Waals surface area contributed by atoms with Crippen LogP contribution >= 0.6 is 27.5 Å². The molecule has 4 atom stereocenters. The Morgan fingerprint density at radius 3 is 2.33 bits per heavy atom. The molecule has 1 aromatic carbocycles. The molecule has 1 aromatic rings. The molecule has 0 amide bonds. The van der Waals surface area contributed by atoms with Crippen molar-refractivity contribution in [3.8, 4) is 0 Å². The van der Waals surface area contributed by atoms with Gasteiger partial charge in [-0.1, -0.05) is 37.9 Å². The van der Waals surface area contributed by atoms with E-state index in [-0.39, 0.29) is 18.4 Å². The summed E-state index contributed by atoms with van der Waals surface area (Å²) in [5, 5.41) is 10.7. The summed E-state index contributed by atoms with van der Waals surface area (Å²) >= 11 is 8.43. The lowest BCUT2D eigenvalue weighted by Gasteiger charge is -2.42. The fourth-order valence-corrected chi connectivity index (χ4v) is 4.12. The van der Waals surface area contributed by atoms with Crippen molar-refractivity contribution in [2.75, 3.05) is 6.61 Å². The van der Waals surface area contributed by atoms with Crippen LogP contribution in [0, 0.1) is 11.8 Å². The van der Waals surface area contributed by atoms with Gasteiger partial charge in [-0.05, 0) is 67.2 Å². The monoisotopic (exact) mass is 437 g/mol. The number of rotatable bonds is 7. The van der Waals surface area contributed by atoms with E-state index in [4.69, 9.17) is 11.6 Å². The largest absolute Gasteiger partial charge is 0.598 e. The van der Waals surface area contributed by atoms with Crippen molar-refractivity contribution >= 4 is 38.9 Å². The minimum absolute atomic E-state index is 0.00747. The van der Waals surface area contributed by atoms with Gasteiger partial charge in [-0.3, -0.25) is 0 Å². The normalized spacial score (nSPS) is 18.8. The van der Waals surface area contributed by atoms with Crippen LogP contribution in [0.15, 0.2) is 22.7 Å². The number of benzene rings is 1. The molecule has 24 heavy (non-hydrogen) atoms. The molecule has 0 aromatic heterocycles. The quantitative estimate of drug-likeness (QED) is 0.587. The Kier molecular flexibility index (Phi) is 8.11. The van der Waals surface area contributed by atoms with Gasteiger partial charge in [0.25, 0.3) is 0 Å². The van der Waals surface area contributed by atoms with Crippen molar-refractivity contribution in [3.63, 3.8) is 0 Å². The van der Waals surface area contributed by atoms with Gasteiger partial charge < -0.3 is 9.66 Å². The first kappa shape index (κ1) is 22.3. The Labute approximate surface area is 163 Å². The summed E-state index contributed by atoms with van der Waals surface area (Å²) in [4.78, 5) is 0. The van der Waals surface area contributed by atoms with Gasteiger partial charge in [0.1, 0.15) is 4.75 Å². The molecule has 0 heterocycles. The van der Waals surface area contributed by atoms with E-state index in [2.05, 4.69) is 34.5 Å². The van der Waals surface area contributed by atoms with Gasteiger partial charge >= 0.3 is 0 Å². The fraction of sp³-hybridized carbons (Fsp3) is 0.667. The highest BCUT2D eigenvalue weighted by atomic mass is 79.9. The van der Waals surface area contributed by atoms with E-state index in [9.17, 15) is 9.66 Å². The van der Waals surface area contributed by atoms with Crippen LogP contribution in [0.1, 0.15) is 53.5 Å². The fourth-order valence-electron chi connectivity index (χ4n) is 2.73. The zero-order valence-electron chi connectivity index (χ0n) is 15.3. The summed E-state index contributed by atoms with van der Waals surface area (Å²) in [5.74, 6) is 0.165. The van der Waals surface area contributed by atoms with Gasteiger partial charge in [0.2, 0.25) is 0 Å². The Bertz CT molecular complexity index is 552. The molecular formula is C18H29BrClNO2S. The molecule has 0 aliphatic carbocycles. The molecule has 6 heteroatoms. The van der Waals surface area contributed by atoms with Gasteiger partial charge in [0.05, 0.1) is 10.6 Å². The lowest BCUT2D eigenvalue weighted by atomic mass is 9.73. The molecule has 2 N–H and O–H groups in total. The van der Waals surface area contributed by atoms with Crippen LogP contribution in [0.3, 0.4) is 0 Å². The van der Waals surface area contributed by atoms with Gasteiger partial charge in [0, 0.05) is 28.4 Å². The van der Waals surface area contributed by atoms with E-state index in [0.717, 1.165) is 16.5 Å². The molecule has 0 spiro atoms. The number of halogens is 2. The average molecular weight is 439 g/mol. The number of hydrogen-bond acceptors (Lipinski definition) is 3. The summed E-state index contributed by atoms with van der Waals surface area (Å²) in [6, 6.07) is 5.74. The highest BCUT2D eigenvalue weighted by Crippen LogP contribution is 2.39. The number of aliphatic hydroxyl groups is 1. The second kappa shape index (κ2) is 8.74. The van der Waals surface area contributed by atoms with Crippen LogP contribution in [0.5, 0.6) is 0 Å². The Morgan fingerprint density at radius 2 is 1.92 bits per heavy atom. The first-order chi connectivity index (χ1) is 11.0. The maximum atomic E-state index is 12.8. The molecule has 0 saturated heterocycles. The van der Waals surface area contributed by atoms with E-state index in [1.165, 1.54) is 0 Å². The van der Waals surface area contributed by atoms with E-state index in [0.29, 0.717) is 5.02 Å². The van der Waals surface area contributed by atoms with E-state index in [1.807, 2.05) is 45.9 Å². The second-order valence-corrected chi connectivity index (χ2v) is 10.7. The van der Waals surface area contributed by atoms with Crippen LogP contribution in [-0.2, 0) is 16.9 Å². The van der Waals surface area contributed by atoms with Crippen LogP contribution in [0.2, 0.25) is 5.02 Å².